The topological polar surface area (TPSA) is 64.3 Å². The van der Waals surface area contributed by atoms with Gasteiger partial charge < -0.3 is 15.8 Å². The molecule has 2 aromatic rings. The minimum absolute atomic E-state index is 0.249. The molecule has 104 valence electrons. The van der Waals surface area contributed by atoms with Crippen LogP contribution in [0.2, 0.25) is 5.02 Å². The number of carbonyl (C=O) groups is 1. The van der Waals surface area contributed by atoms with Gasteiger partial charge in [-0.15, -0.1) is 0 Å². The van der Waals surface area contributed by atoms with Crippen molar-refractivity contribution in [2.75, 3.05) is 17.7 Å². The van der Waals surface area contributed by atoms with Crippen LogP contribution in [-0.2, 0) is 0 Å². The number of nitrogens with one attached hydrogen (secondary N) is 1. The van der Waals surface area contributed by atoms with Gasteiger partial charge >= 0.3 is 0 Å². The lowest BCUT2D eigenvalue weighted by Crippen LogP contribution is -2.12. The summed E-state index contributed by atoms with van der Waals surface area (Å²) in [6.07, 6.45) is 0. The third-order valence-corrected chi connectivity index (χ3v) is 2.86. The number of nitrogens with two attached hydrogens (primary N) is 1. The van der Waals surface area contributed by atoms with Gasteiger partial charge in [0.1, 0.15) is 5.75 Å². The number of rotatable bonds is 4. The Balaban J connectivity index is 2.18. The molecule has 0 saturated heterocycles. The molecule has 0 aliphatic heterocycles. The molecule has 4 nitrogen and oxygen atoms in total. The highest BCUT2D eigenvalue weighted by Crippen LogP contribution is 2.20. The Kier molecular flexibility index (Phi) is 4.48. The summed E-state index contributed by atoms with van der Waals surface area (Å²) in [6, 6.07) is 11.8. The van der Waals surface area contributed by atoms with E-state index in [0.717, 1.165) is 0 Å². The first-order valence-electron chi connectivity index (χ1n) is 6.19. The van der Waals surface area contributed by atoms with Crippen LogP contribution in [0.15, 0.2) is 42.5 Å². The minimum atomic E-state index is -0.249. The minimum Gasteiger partial charge on any atom is -0.494 e. The van der Waals surface area contributed by atoms with Crippen molar-refractivity contribution < 1.29 is 9.53 Å². The highest BCUT2D eigenvalue weighted by molar-refractivity contribution is 6.30. The fourth-order valence-electron chi connectivity index (χ4n) is 1.74. The van der Waals surface area contributed by atoms with Gasteiger partial charge in [0.2, 0.25) is 0 Å². The normalized spacial score (nSPS) is 10.1. The zero-order valence-electron chi connectivity index (χ0n) is 11.0. The summed E-state index contributed by atoms with van der Waals surface area (Å²) in [5.41, 5.74) is 7.36. The molecule has 0 saturated carbocycles. The maximum atomic E-state index is 12.2. The van der Waals surface area contributed by atoms with E-state index in [1.165, 1.54) is 0 Å². The number of benzene rings is 2. The van der Waals surface area contributed by atoms with Crippen molar-refractivity contribution >= 4 is 28.9 Å². The molecule has 2 rings (SSSR count). The second-order valence-corrected chi connectivity index (χ2v) is 4.62. The van der Waals surface area contributed by atoms with Crippen LogP contribution in [0.3, 0.4) is 0 Å². The summed E-state index contributed by atoms with van der Waals surface area (Å²) >= 11 is 5.80. The number of hydrogen-bond donors (Lipinski definition) is 2. The molecular weight excluding hydrogens is 276 g/mol. The van der Waals surface area contributed by atoms with Crippen LogP contribution in [0.25, 0.3) is 0 Å². The zero-order valence-corrected chi connectivity index (χ0v) is 11.8. The van der Waals surface area contributed by atoms with Crippen LogP contribution < -0.4 is 15.8 Å². The number of hydrogen-bond acceptors (Lipinski definition) is 3. The molecule has 2 aromatic carbocycles. The number of anilines is 2. The average Bonchev–Trinajstić information content (AvgIpc) is 2.41. The zero-order chi connectivity index (χ0) is 14.5. The van der Waals surface area contributed by atoms with Crippen molar-refractivity contribution in [3.05, 3.63) is 53.1 Å². The summed E-state index contributed by atoms with van der Waals surface area (Å²) < 4.78 is 5.37. The summed E-state index contributed by atoms with van der Waals surface area (Å²) in [5, 5.41) is 3.39. The largest absolute Gasteiger partial charge is 0.494 e. The van der Waals surface area contributed by atoms with E-state index in [1.807, 2.05) is 6.92 Å². The van der Waals surface area contributed by atoms with Crippen molar-refractivity contribution in [3.8, 4) is 5.75 Å². The van der Waals surface area contributed by atoms with Gasteiger partial charge in [-0.25, -0.2) is 0 Å². The van der Waals surface area contributed by atoms with Gasteiger partial charge in [-0.3, -0.25) is 4.79 Å². The molecule has 3 N–H and O–H groups in total. The first-order chi connectivity index (χ1) is 9.58. The molecule has 0 fully saturated rings. The SMILES string of the molecule is CCOc1cc(N)cc(C(=O)Nc2ccc(Cl)cc2)c1. The van der Waals surface area contributed by atoms with E-state index in [2.05, 4.69) is 5.32 Å². The Bertz CT molecular complexity index is 612. The maximum absolute atomic E-state index is 12.2. The van der Waals surface area contributed by atoms with E-state index in [1.54, 1.807) is 42.5 Å². The Hall–Kier alpha value is -2.20. The molecule has 0 atom stereocenters. The van der Waals surface area contributed by atoms with Crippen molar-refractivity contribution in [1.29, 1.82) is 0 Å². The molecule has 0 aliphatic carbocycles. The number of amides is 1. The Morgan fingerprint density at radius 1 is 1.25 bits per heavy atom. The van der Waals surface area contributed by atoms with E-state index in [0.29, 0.717) is 34.3 Å². The van der Waals surface area contributed by atoms with Crippen molar-refractivity contribution in [3.63, 3.8) is 0 Å². The number of ether oxygens (including phenoxy) is 1. The van der Waals surface area contributed by atoms with Crippen molar-refractivity contribution in [1.82, 2.24) is 0 Å². The molecule has 0 spiro atoms. The second-order valence-electron chi connectivity index (χ2n) is 4.18. The average molecular weight is 291 g/mol. The van der Waals surface area contributed by atoms with E-state index < -0.39 is 0 Å². The van der Waals surface area contributed by atoms with Crippen LogP contribution in [-0.4, -0.2) is 12.5 Å². The predicted octanol–water partition coefficient (Wildman–Crippen LogP) is 3.57. The van der Waals surface area contributed by atoms with E-state index in [4.69, 9.17) is 22.1 Å². The maximum Gasteiger partial charge on any atom is 0.255 e. The van der Waals surface area contributed by atoms with Crippen molar-refractivity contribution in [2.24, 2.45) is 0 Å². The summed E-state index contributed by atoms with van der Waals surface area (Å²) in [7, 11) is 0. The first-order valence-corrected chi connectivity index (χ1v) is 6.56. The standard InChI is InChI=1S/C15H15ClN2O2/c1-2-20-14-8-10(7-12(17)9-14)15(19)18-13-5-3-11(16)4-6-13/h3-9H,2,17H2,1H3,(H,18,19). The van der Waals surface area contributed by atoms with Gasteiger partial charge in [-0.1, -0.05) is 11.6 Å². The molecule has 1 amide bonds. The highest BCUT2D eigenvalue weighted by Gasteiger charge is 2.09. The van der Waals surface area contributed by atoms with Crippen LogP contribution in [0.5, 0.6) is 5.75 Å². The van der Waals surface area contributed by atoms with Gasteiger partial charge in [0.15, 0.2) is 0 Å². The van der Waals surface area contributed by atoms with Gasteiger partial charge in [-0.2, -0.15) is 0 Å². The molecule has 0 aliphatic rings. The van der Waals surface area contributed by atoms with Crippen LogP contribution in [0.1, 0.15) is 17.3 Å². The lowest BCUT2D eigenvalue weighted by molar-refractivity contribution is 0.102. The Morgan fingerprint density at radius 2 is 1.95 bits per heavy atom. The molecule has 0 radical (unpaired) electrons. The molecule has 5 heteroatoms. The molecular formula is C15H15ClN2O2. The smallest absolute Gasteiger partial charge is 0.255 e. The van der Waals surface area contributed by atoms with Crippen molar-refractivity contribution in [2.45, 2.75) is 6.92 Å². The molecule has 0 bridgehead atoms. The quantitative estimate of drug-likeness (QED) is 0.846. The van der Waals surface area contributed by atoms with Gasteiger partial charge in [0.25, 0.3) is 5.91 Å². The Morgan fingerprint density at radius 3 is 2.60 bits per heavy atom. The molecule has 20 heavy (non-hydrogen) atoms. The molecule has 0 unspecified atom stereocenters. The molecule has 0 heterocycles. The van der Waals surface area contributed by atoms with Gasteiger partial charge in [-0.05, 0) is 43.3 Å². The van der Waals surface area contributed by atoms with E-state index in [9.17, 15) is 4.79 Å². The van der Waals surface area contributed by atoms with Crippen LogP contribution in [0, 0.1) is 0 Å². The number of halogens is 1. The molecule has 0 aromatic heterocycles. The second kappa shape index (κ2) is 6.30. The van der Waals surface area contributed by atoms with Gasteiger partial charge in [0, 0.05) is 28.0 Å². The lowest BCUT2D eigenvalue weighted by atomic mass is 10.1. The van der Waals surface area contributed by atoms with Crippen LogP contribution >= 0.6 is 11.6 Å². The number of carbonyl (C=O) groups excluding carboxylic acids is 1. The van der Waals surface area contributed by atoms with E-state index in [-0.39, 0.29) is 5.91 Å². The van der Waals surface area contributed by atoms with Crippen LogP contribution in [0.4, 0.5) is 11.4 Å². The third-order valence-electron chi connectivity index (χ3n) is 2.60. The number of nitrogen functional groups attached to an aromatic ring is 1. The first kappa shape index (κ1) is 14.2. The fourth-order valence-corrected chi connectivity index (χ4v) is 1.87. The third kappa shape index (κ3) is 3.65. The lowest BCUT2D eigenvalue weighted by Gasteiger charge is -2.09. The Labute approximate surface area is 122 Å². The summed E-state index contributed by atoms with van der Waals surface area (Å²) in [6.45, 7) is 2.39. The summed E-state index contributed by atoms with van der Waals surface area (Å²) in [5.74, 6) is 0.328. The fraction of sp³-hybridized carbons (Fsp3) is 0.133. The monoisotopic (exact) mass is 290 g/mol. The highest BCUT2D eigenvalue weighted by atomic mass is 35.5. The van der Waals surface area contributed by atoms with E-state index >= 15 is 0 Å². The summed E-state index contributed by atoms with van der Waals surface area (Å²) in [4.78, 5) is 12.2. The van der Waals surface area contributed by atoms with Gasteiger partial charge in [0.05, 0.1) is 6.61 Å². The predicted molar refractivity (Wildman–Crippen MR) is 81.4 cm³/mol.